The van der Waals surface area contributed by atoms with Crippen LogP contribution in [0, 0.1) is 6.92 Å². The first kappa shape index (κ1) is 30.2. The number of benzene rings is 2. The number of hydrogen-bond donors (Lipinski definition) is 2. The van der Waals surface area contributed by atoms with E-state index in [0.717, 1.165) is 23.1 Å². The molecule has 2 heterocycles. The molecule has 14 heteroatoms. The molecule has 2 amide bonds. The van der Waals surface area contributed by atoms with Gasteiger partial charge in [0.25, 0.3) is 5.91 Å². The highest BCUT2D eigenvalue weighted by atomic mass is 32.2. The molecule has 0 radical (unpaired) electrons. The van der Waals surface area contributed by atoms with Crippen molar-refractivity contribution < 1.29 is 41.0 Å². The van der Waals surface area contributed by atoms with Crippen LogP contribution in [0.2, 0.25) is 0 Å². The molecule has 4 rings (SSSR count). The molecular formula is C27H29F3N4O6S. The number of ether oxygens (including phenoxy) is 1. The van der Waals surface area contributed by atoms with E-state index in [1.807, 2.05) is 0 Å². The highest BCUT2D eigenvalue weighted by Crippen LogP contribution is 2.33. The number of aliphatic imine (C=N–C) groups is 1. The lowest BCUT2D eigenvalue weighted by Gasteiger charge is -2.34. The lowest BCUT2D eigenvalue weighted by atomic mass is 9.89. The zero-order valence-corrected chi connectivity index (χ0v) is 23.1. The smallest absolute Gasteiger partial charge is 0.406 e. The molecule has 10 nitrogen and oxygen atoms in total. The van der Waals surface area contributed by atoms with Gasteiger partial charge in [-0.2, -0.15) is 4.31 Å². The van der Waals surface area contributed by atoms with Gasteiger partial charge in [0.15, 0.2) is 0 Å². The van der Waals surface area contributed by atoms with Crippen LogP contribution in [0.3, 0.4) is 0 Å². The molecule has 1 saturated heterocycles. The molecule has 1 fully saturated rings. The summed E-state index contributed by atoms with van der Waals surface area (Å²) in [6.45, 7) is 3.04. The van der Waals surface area contributed by atoms with Gasteiger partial charge in [-0.05, 0) is 61.2 Å². The summed E-state index contributed by atoms with van der Waals surface area (Å²) >= 11 is 0. The van der Waals surface area contributed by atoms with Crippen molar-refractivity contribution in [2.24, 2.45) is 4.99 Å². The van der Waals surface area contributed by atoms with Crippen molar-refractivity contribution in [2.45, 2.75) is 38.6 Å². The van der Waals surface area contributed by atoms with Gasteiger partial charge in [0.1, 0.15) is 17.1 Å². The number of rotatable bonds is 8. The van der Waals surface area contributed by atoms with Crippen LogP contribution in [-0.4, -0.2) is 73.6 Å². The van der Waals surface area contributed by atoms with Gasteiger partial charge in [0, 0.05) is 43.2 Å². The fourth-order valence-corrected chi connectivity index (χ4v) is 5.91. The number of anilines is 1. The van der Waals surface area contributed by atoms with Gasteiger partial charge in [-0.1, -0.05) is 18.2 Å². The van der Waals surface area contributed by atoms with Crippen LogP contribution in [0.4, 0.5) is 18.9 Å². The predicted octanol–water partition coefficient (Wildman–Crippen LogP) is 2.95. The quantitative estimate of drug-likeness (QED) is 0.484. The fourth-order valence-electron chi connectivity index (χ4n) is 4.73. The predicted molar refractivity (Wildman–Crippen MR) is 146 cm³/mol. The average Bonchev–Trinajstić information content (AvgIpc) is 3.21. The minimum absolute atomic E-state index is 0.00172. The van der Waals surface area contributed by atoms with Crippen molar-refractivity contribution in [3.8, 4) is 5.75 Å². The molecule has 0 bridgehead atoms. The Bertz CT molecular complexity index is 1500. The van der Waals surface area contributed by atoms with E-state index in [2.05, 4.69) is 15.0 Å². The van der Waals surface area contributed by atoms with E-state index >= 15 is 0 Å². The first-order valence-corrected chi connectivity index (χ1v) is 14.2. The Morgan fingerprint density at radius 1 is 1.22 bits per heavy atom. The normalized spacial score (nSPS) is 17.5. The van der Waals surface area contributed by atoms with Crippen molar-refractivity contribution in [1.29, 1.82) is 0 Å². The van der Waals surface area contributed by atoms with Crippen LogP contribution < -0.4 is 15.0 Å². The average molecular weight is 595 g/mol. The molecule has 2 N–H and O–H groups in total. The molecule has 220 valence electrons. The molecule has 0 saturated carbocycles. The van der Waals surface area contributed by atoms with Gasteiger partial charge >= 0.3 is 6.36 Å². The van der Waals surface area contributed by atoms with Gasteiger partial charge in [0.2, 0.25) is 15.9 Å². The van der Waals surface area contributed by atoms with Crippen LogP contribution in [0.1, 0.15) is 36.5 Å². The van der Waals surface area contributed by atoms with Gasteiger partial charge in [0.05, 0.1) is 6.61 Å². The standard InChI is InChI=1S/C27H29F3N4O6S/c1-18-6-7-22(34(13-14-35)19(2)36)16-20(18)8-15-41(38,39)33-11-9-26(10-12-33)25(37)31-24(32-26)21-4-3-5-23(17-21)40-27(28,29)30/h3-8,15-17,35H,9-14H2,1-2H3,(H,31,32,37)/b15-8+. The second kappa shape index (κ2) is 11.6. The molecule has 0 atom stereocenters. The van der Waals surface area contributed by atoms with Crippen molar-refractivity contribution in [3.05, 3.63) is 64.6 Å². The van der Waals surface area contributed by atoms with Crippen LogP contribution in [-0.2, 0) is 19.6 Å². The van der Waals surface area contributed by atoms with Crippen molar-refractivity contribution >= 4 is 39.4 Å². The number of nitrogens with one attached hydrogen (secondary N) is 1. The fraction of sp³-hybridized carbons (Fsp3) is 0.370. The Balaban J connectivity index is 1.48. The Labute approximate surface area is 235 Å². The van der Waals surface area contributed by atoms with Gasteiger partial charge in [-0.25, -0.2) is 8.42 Å². The third kappa shape index (κ3) is 6.94. The molecule has 0 aromatic heterocycles. The van der Waals surface area contributed by atoms with Crippen LogP contribution in [0.25, 0.3) is 6.08 Å². The Morgan fingerprint density at radius 2 is 1.93 bits per heavy atom. The summed E-state index contributed by atoms with van der Waals surface area (Å²) < 4.78 is 69.2. The van der Waals surface area contributed by atoms with E-state index < -0.39 is 33.6 Å². The number of alkyl halides is 3. The molecule has 2 aromatic carbocycles. The van der Waals surface area contributed by atoms with E-state index in [1.165, 1.54) is 34.3 Å². The molecule has 2 aliphatic heterocycles. The first-order chi connectivity index (χ1) is 19.2. The third-order valence-corrected chi connectivity index (χ3v) is 8.49. The Morgan fingerprint density at radius 3 is 2.56 bits per heavy atom. The minimum Gasteiger partial charge on any atom is -0.406 e. The summed E-state index contributed by atoms with van der Waals surface area (Å²) in [5.74, 6) is -1.08. The number of piperidine rings is 1. The van der Waals surface area contributed by atoms with Crippen molar-refractivity contribution in [1.82, 2.24) is 9.62 Å². The molecule has 41 heavy (non-hydrogen) atoms. The number of aliphatic hydroxyl groups is 1. The van der Waals surface area contributed by atoms with Gasteiger partial charge in [-0.3, -0.25) is 14.6 Å². The summed E-state index contributed by atoms with van der Waals surface area (Å²) in [5.41, 5.74) is 0.865. The number of amidine groups is 1. The Kier molecular flexibility index (Phi) is 8.57. The van der Waals surface area contributed by atoms with Gasteiger partial charge in [-0.15, -0.1) is 13.2 Å². The Hall–Kier alpha value is -3.75. The number of carbonyl (C=O) groups is 2. The maximum atomic E-state index is 13.1. The second-order valence-corrected chi connectivity index (χ2v) is 11.5. The summed E-state index contributed by atoms with van der Waals surface area (Å²) in [6, 6.07) is 10.2. The van der Waals surface area contributed by atoms with E-state index in [4.69, 9.17) is 0 Å². The number of halogens is 3. The van der Waals surface area contributed by atoms with Crippen LogP contribution >= 0.6 is 0 Å². The molecule has 2 aliphatic rings. The van der Waals surface area contributed by atoms with Crippen molar-refractivity contribution in [3.63, 3.8) is 0 Å². The largest absolute Gasteiger partial charge is 0.573 e. The SMILES string of the molecule is CC(=O)N(CCO)c1ccc(C)c(/C=C/S(=O)(=O)N2CCC3(CC2)N=C(c2cccc(OC(F)(F)F)c2)NC3=O)c1. The molecular weight excluding hydrogens is 565 g/mol. The monoisotopic (exact) mass is 594 g/mol. The van der Waals surface area contributed by atoms with Crippen molar-refractivity contribution in [2.75, 3.05) is 31.1 Å². The highest BCUT2D eigenvalue weighted by molar-refractivity contribution is 7.92. The zero-order chi connectivity index (χ0) is 30.0. The summed E-state index contributed by atoms with van der Waals surface area (Å²) in [7, 11) is -3.88. The molecule has 0 aliphatic carbocycles. The minimum atomic E-state index is -4.87. The van der Waals surface area contributed by atoms with Gasteiger partial charge < -0.3 is 20.1 Å². The number of aliphatic hydroxyl groups excluding tert-OH is 1. The number of nitrogens with zero attached hydrogens (tertiary/aromatic N) is 3. The third-order valence-electron chi connectivity index (χ3n) is 6.93. The first-order valence-electron chi connectivity index (χ1n) is 12.7. The lowest BCUT2D eigenvalue weighted by molar-refractivity contribution is -0.274. The number of carbonyl (C=O) groups excluding carboxylic acids is 2. The maximum absolute atomic E-state index is 13.1. The van der Waals surface area contributed by atoms with E-state index in [0.29, 0.717) is 11.3 Å². The molecule has 1 spiro atoms. The maximum Gasteiger partial charge on any atom is 0.573 e. The summed E-state index contributed by atoms with van der Waals surface area (Å²) in [6.07, 6.45) is -3.28. The zero-order valence-electron chi connectivity index (χ0n) is 22.3. The van der Waals surface area contributed by atoms with E-state index in [9.17, 15) is 36.3 Å². The summed E-state index contributed by atoms with van der Waals surface area (Å²) in [4.78, 5) is 30.7. The summed E-state index contributed by atoms with van der Waals surface area (Å²) in [5, 5.41) is 12.9. The van der Waals surface area contributed by atoms with Crippen LogP contribution in [0.15, 0.2) is 52.9 Å². The number of aryl methyl sites for hydroxylation is 1. The molecule has 2 aromatic rings. The highest BCUT2D eigenvalue weighted by Gasteiger charge is 2.47. The number of sulfonamides is 1. The molecule has 0 unspecified atom stereocenters. The van der Waals surface area contributed by atoms with E-state index in [-0.39, 0.29) is 56.4 Å². The lowest BCUT2D eigenvalue weighted by Crippen LogP contribution is -2.50. The van der Waals surface area contributed by atoms with E-state index in [1.54, 1.807) is 25.1 Å². The number of amides is 2. The second-order valence-electron chi connectivity index (χ2n) is 9.70. The number of hydrogen-bond acceptors (Lipinski definition) is 7. The van der Waals surface area contributed by atoms with Crippen LogP contribution in [0.5, 0.6) is 5.75 Å². The topological polar surface area (TPSA) is 129 Å².